The van der Waals surface area contributed by atoms with Crippen LogP contribution in [0.5, 0.6) is 0 Å². The van der Waals surface area contributed by atoms with Gasteiger partial charge in [-0.3, -0.25) is 0 Å². The van der Waals surface area contributed by atoms with Crippen molar-refractivity contribution in [3.8, 4) is 0 Å². The molecule has 2 amide bonds. The van der Waals surface area contributed by atoms with Crippen LogP contribution in [0.3, 0.4) is 0 Å². The molecule has 0 unspecified atom stereocenters. The minimum absolute atomic E-state index is 0.0630. The highest BCUT2D eigenvalue weighted by Gasteiger charge is 2.01. The maximum absolute atomic E-state index is 11.4. The van der Waals surface area contributed by atoms with Gasteiger partial charge in [0.25, 0.3) is 0 Å². The number of anilines is 1. The largest absolute Gasteiger partial charge is 0.409 e. The van der Waals surface area contributed by atoms with Crippen molar-refractivity contribution >= 4 is 29.2 Å². The highest BCUT2D eigenvalue weighted by Crippen LogP contribution is 2.14. The van der Waals surface area contributed by atoms with E-state index in [1.807, 2.05) is 0 Å². The van der Waals surface area contributed by atoms with E-state index >= 15 is 0 Å². The molecule has 6 nitrogen and oxygen atoms in total. The molecule has 1 rings (SSSR count). The Labute approximate surface area is 103 Å². The zero-order valence-electron chi connectivity index (χ0n) is 8.98. The van der Waals surface area contributed by atoms with E-state index in [9.17, 15) is 4.79 Å². The second-order valence-corrected chi connectivity index (χ2v) is 3.67. The zero-order chi connectivity index (χ0) is 12.7. The molecule has 5 N–H and O–H groups in total. The molecular formula is C10H13ClN4O2. The van der Waals surface area contributed by atoms with Crippen LogP contribution in [-0.2, 0) is 0 Å². The molecule has 0 spiro atoms. The number of oxime groups is 1. The monoisotopic (exact) mass is 256 g/mol. The fourth-order valence-corrected chi connectivity index (χ4v) is 1.29. The molecule has 0 fully saturated rings. The number of carbonyl (C=O) groups is 1. The second-order valence-electron chi connectivity index (χ2n) is 3.23. The molecule has 0 aliphatic carbocycles. The van der Waals surface area contributed by atoms with E-state index in [4.69, 9.17) is 22.5 Å². The van der Waals surface area contributed by atoms with Crippen molar-refractivity contribution in [2.24, 2.45) is 10.9 Å². The van der Waals surface area contributed by atoms with Crippen molar-refractivity contribution in [1.82, 2.24) is 5.32 Å². The summed E-state index contributed by atoms with van der Waals surface area (Å²) < 4.78 is 0. The number of amides is 2. The van der Waals surface area contributed by atoms with E-state index in [1.165, 1.54) is 0 Å². The van der Waals surface area contributed by atoms with Crippen LogP contribution in [0.4, 0.5) is 10.5 Å². The lowest BCUT2D eigenvalue weighted by molar-refractivity contribution is 0.252. The van der Waals surface area contributed by atoms with Crippen molar-refractivity contribution < 1.29 is 10.0 Å². The van der Waals surface area contributed by atoms with Crippen LogP contribution in [0, 0.1) is 0 Å². The molecule has 0 aromatic heterocycles. The van der Waals surface area contributed by atoms with Crippen LogP contribution in [0.1, 0.15) is 6.42 Å². The van der Waals surface area contributed by atoms with Crippen LogP contribution in [0.15, 0.2) is 29.4 Å². The summed E-state index contributed by atoms with van der Waals surface area (Å²) >= 11 is 5.76. The maximum Gasteiger partial charge on any atom is 0.319 e. The highest BCUT2D eigenvalue weighted by molar-refractivity contribution is 6.30. The van der Waals surface area contributed by atoms with Crippen LogP contribution in [-0.4, -0.2) is 23.6 Å². The third-order valence-electron chi connectivity index (χ3n) is 1.88. The van der Waals surface area contributed by atoms with Crippen molar-refractivity contribution in [1.29, 1.82) is 0 Å². The first kappa shape index (κ1) is 13.1. The van der Waals surface area contributed by atoms with Crippen LogP contribution in [0.25, 0.3) is 0 Å². The number of halogens is 1. The van der Waals surface area contributed by atoms with Gasteiger partial charge in [0.2, 0.25) is 0 Å². The molecule has 0 aliphatic rings. The Bertz CT molecular complexity index is 423. The number of hydrogen-bond acceptors (Lipinski definition) is 3. The Morgan fingerprint density at radius 2 is 2.29 bits per heavy atom. The number of benzene rings is 1. The molecule has 0 radical (unpaired) electrons. The average Bonchev–Trinajstić information content (AvgIpc) is 2.28. The van der Waals surface area contributed by atoms with E-state index < -0.39 is 0 Å². The van der Waals surface area contributed by atoms with Gasteiger partial charge in [0, 0.05) is 23.7 Å². The Morgan fingerprint density at radius 1 is 1.53 bits per heavy atom. The summed E-state index contributed by atoms with van der Waals surface area (Å²) in [5.74, 6) is 0.0630. The molecule has 0 aliphatic heterocycles. The SMILES string of the molecule is NC(CCNC(=O)Nc1cccc(Cl)c1)=NO. The number of urea groups is 1. The topological polar surface area (TPSA) is 99.7 Å². The van der Waals surface area contributed by atoms with Gasteiger partial charge < -0.3 is 21.6 Å². The van der Waals surface area contributed by atoms with E-state index in [1.54, 1.807) is 24.3 Å². The summed E-state index contributed by atoms with van der Waals surface area (Å²) in [6.45, 7) is 0.280. The Morgan fingerprint density at radius 3 is 2.94 bits per heavy atom. The summed E-state index contributed by atoms with van der Waals surface area (Å²) in [5.41, 5.74) is 5.84. The summed E-state index contributed by atoms with van der Waals surface area (Å²) in [6, 6.07) is 6.41. The van der Waals surface area contributed by atoms with Crippen LogP contribution < -0.4 is 16.4 Å². The first-order chi connectivity index (χ1) is 8.11. The van der Waals surface area contributed by atoms with Crippen molar-refractivity contribution in [2.75, 3.05) is 11.9 Å². The first-order valence-corrected chi connectivity index (χ1v) is 5.26. The van der Waals surface area contributed by atoms with E-state index in [-0.39, 0.29) is 24.8 Å². The lowest BCUT2D eigenvalue weighted by Crippen LogP contribution is -2.31. The van der Waals surface area contributed by atoms with Crippen molar-refractivity contribution in [3.63, 3.8) is 0 Å². The van der Waals surface area contributed by atoms with Gasteiger partial charge in [-0.2, -0.15) is 0 Å². The number of carbonyl (C=O) groups excluding carboxylic acids is 1. The van der Waals surface area contributed by atoms with Gasteiger partial charge >= 0.3 is 6.03 Å². The molecule has 92 valence electrons. The third kappa shape index (κ3) is 5.07. The third-order valence-corrected chi connectivity index (χ3v) is 2.11. The van der Waals surface area contributed by atoms with E-state index in [0.29, 0.717) is 10.7 Å². The predicted octanol–water partition coefficient (Wildman–Crippen LogP) is 1.60. The number of nitrogens with zero attached hydrogens (tertiary/aromatic N) is 1. The highest BCUT2D eigenvalue weighted by atomic mass is 35.5. The molecular weight excluding hydrogens is 244 g/mol. The average molecular weight is 257 g/mol. The van der Waals surface area contributed by atoms with E-state index in [2.05, 4.69) is 15.8 Å². The fourth-order valence-electron chi connectivity index (χ4n) is 1.10. The number of amidine groups is 1. The van der Waals surface area contributed by atoms with Gasteiger partial charge in [-0.05, 0) is 18.2 Å². The number of rotatable bonds is 4. The molecule has 0 saturated carbocycles. The molecule has 7 heteroatoms. The summed E-state index contributed by atoms with van der Waals surface area (Å²) in [6.07, 6.45) is 0.277. The van der Waals surface area contributed by atoms with Gasteiger partial charge in [-0.25, -0.2) is 4.79 Å². The lowest BCUT2D eigenvalue weighted by Gasteiger charge is -2.07. The van der Waals surface area contributed by atoms with Crippen molar-refractivity contribution in [3.05, 3.63) is 29.3 Å². The van der Waals surface area contributed by atoms with Gasteiger partial charge in [0.1, 0.15) is 5.84 Å². The molecule has 1 aromatic rings. The molecule has 0 atom stereocenters. The number of nitrogens with two attached hydrogens (primary N) is 1. The van der Waals surface area contributed by atoms with E-state index in [0.717, 1.165) is 0 Å². The number of hydrogen-bond donors (Lipinski definition) is 4. The van der Waals surface area contributed by atoms with Gasteiger partial charge in [-0.1, -0.05) is 22.8 Å². The maximum atomic E-state index is 11.4. The minimum Gasteiger partial charge on any atom is -0.409 e. The van der Waals surface area contributed by atoms with Gasteiger partial charge in [-0.15, -0.1) is 0 Å². The van der Waals surface area contributed by atoms with Crippen LogP contribution >= 0.6 is 11.6 Å². The standard InChI is InChI=1S/C10H13ClN4O2/c11-7-2-1-3-8(6-7)14-10(16)13-5-4-9(12)15-17/h1-3,6,17H,4-5H2,(H2,12,15)(H2,13,14,16). The predicted molar refractivity (Wildman–Crippen MR) is 66.5 cm³/mol. The molecule has 0 heterocycles. The first-order valence-electron chi connectivity index (χ1n) is 4.88. The summed E-state index contributed by atoms with van der Waals surface area (Å²) in [4.78, 5) is 11.4. The normalized spacial score (nSPS) is 11.0. The van der Waals surface area contributed by atoms with Gasteiger partial charge in [0.15, 0.2) is 0 Å². The molecule has 0 saturated heterocycles. The Hall–Kier alpha value is -1.95. The van der Waals surface area contributed by atoms with Crippen LogP contribution in [0.2, 0.25) is 5.02 Å². The van der Waals surface area contributed by atoms with Crippen molar-refractivity contribution in [2.45, 2.75) is 6.42 Å². The lowest BCUT2D eigenvalue weighted by atomic mass is 10.3. The smallest absolute Gasteiger partial charge is 0.319 e. The Kier molecular flexibility index (Phi) is 5.09. The zero-order valence-corrected chi connectivity index (χ0v) is 9.74. The fraction of sp³-hybridized carbons (Fsp3) is 0.200. The molecule has 1 aromatic carbocycles. The Balaban J connectivity index is 2.35. The molecule has 17 heavy (non-hydrogen) atoms. The second kappa shape index (κ2) is 6.59. The van der Waals surface area contributed by atoms with Gasteiger partial charge in [0.05, 0.1) is 0 Å². The summed E-state index contributed by atoms with van der Waals surface area (Å²) in [7, 11) is 0. The number of nitrogens with one attached hydrogen (secondary N) is 2. The minimum atomic E-state index is -0.377. The summed E-state index contributed by atoms with van der Waals surface area (Å²) in [5, 5.41) is 16.8. The quantitative estimate of drug-likeness (QED) is 0.285. The molecule has 0 bridgehead atoms.